The summed E-state index contributed by atoms with van der Waals surface area (Å²) in [6.45, 7) is 0.924. The fraction of sp³-hybridized carbons (Fsp3) is 0.545. The summed E-state index contributed by atoms with van der Waals surface area (Å²) in [5.74, 6) is 5.41. The Morgan fingerprint density at radius 1 is 1.50 bits per heavy atom. The quantitative estimate of drug-likeness (QED) is 0.549. The van der Waals surface area contributed by atoms with Crippen LogP contribution in [-0.2, 0) is 14.8 Å². The Hall–Kier alpha value is -0.930. The maximum atomic E-state index is 12.1. The van der Waals surface area contributed by atoms with Crippen LogP contribution in [0.15, 0.2) is 17.2 Å². The Kier molecular flexibility index (Phi) is 5.17. The topological polar surface area (TPSA) is 106 Å². The molecule has 4 N–H and O–H groups in total. The third kappa shape index (κ3) is 3.80. The number of halogens is 1. The molecule has 0 radical (unpaired) electrons. The van der Waals surface area contributed by atoms with Gasteiger partial charge in [0, 0.05) is 19.3 Å². The summed E-state index contributed by atoms with van der Waals surface area (Å²) in [6.07, 6.45) is 4.06. The average Bonchev–Trinajstić information content (AvgIpc) is 2.46. The predicted octanol–water partition coefficient (Wildman–Crippen LogP) is 0.868. The molecule has 0 aliphatic carbocycles. The van der Waals surface area contributed by atoms with Crippen molar-refractivity contribution in [3.05, 3.63) is 17.3 Å². The first-order valence-electron chi connectivity index (χ1n) is 6.26. The molecule has 0 aromatic carbocycles. The van der Waals surface area contributed by atoms with Gasteiger partial charge in [-0.3, -0.25) is 0 Å². The maximum absolute atomic E-state index is 12.1. The number of hydrazine groups is 1. The zero-order valence-corrected chi connectivity index (χ0v) is 12.4. The lowest BCUT2D eigenvalue weighted by Crippen LogP contribution is -2.35. The number of hydrogen-bond acceptors (Lipinski definition) is 6. The smallest absolute Gasteiger partial charge is 0.242 e. The van der Waals surface area contributed by atoms with Gasteiger partial charge in [0.2, 0.25) is 10.0 Å². The number of nitrogens with two attached hydrogens (primary N) is 1. The maximum Gasteiger partial charge on any atom is 0.242 e. The minimum Gasteiger partial charge on any atom is -0.377 e. The number of sulfonamides is 1. The van der Waals surface area contributed by atoms with E-state index in [1.165, 1.54) is 12.3 Å². The summed E-state index contributed by atoms with van der Waals surface area (Å²) in [4.78, 5) is 3.84. The summed E-state index contributed by atoms with van der Waals surface area (Å²) in [5.41, 5.74) is 2.28. The van der Waals surface area contributed by atoms with Crippen molar-refractivity contribution in [3.8, 4) is 0 Å². The molecule has 112 valence electrons. The van der Waals surface area contributed by atoms with E-state index in [0.717, 1.165) is 19.3 Å². The number of nitrogens with one attached hydrogen (secondary N) is 2. The third-order valence-electron chi connectivity index (χ3n) is 3.04. The molecule has 1 aromatic rings. The van der Waals surface area contributed by atoms with E-state index >= 15 is 0 Å². The Balaban J connectivity index is 2.04. The summed E-state index contributed by atoms with van der Waals surface area (Å²) in [6, 6.07) is 1.30. The van der Waals surface area contributed by atoms with Crippen molar-refractivity contribution in [3.63, 3.8) is 0 Å². The molecule has 1 saturated heterocycles. The van der Waals surface area contributed by atoms with E-state index in [2.05, 4.69) is 15.1 Å². The fourth-order valence-electron chi connectivity index (χ4n) is 1.93. The van der Waals surface area contributed by atoms with E-state index in [0.29, 0.717) is 6.61 Å². The molecular weight excluding hydrogens is 304 g/mol. The standard InChI is InChI=1S/C11H17ClN4O3S/c12-10-5-9(7-14-11(10)16-13)20(17,18)15-6-8-3-1-2-4-19-8/h5,7-8,15H,1-4,6,13H2,(H,14,16). The number of aromatic nitrogens is 1. The molecular formula is C11H17ClN4O3S. The highest BCUT2D eigenvalue weighted by Gasteiger charge is 2.20. The molecule has 1 aliphatic heterocycles. The largest absolute Gasteiger partial charge is 0.377 e. The molecule has 0 bridgehead atoms. The van der Waals surface area contributed by atoms with Gasteiger partial charge in [0.05, 0.1) is 11.1 Å². The van der Waals surface area contributed by atoms with Gasteiger partial charge in [-0.05, 0) is 25.3 Å². The SMILES string of the molecule is NNc1ncc(S(=O)(=O)NCC2CCCCO2)cc1Cl. The normalized spacial score (nSPS) is 19.8. The van der Waals surface area contributed by atoms with Crippen molar-refractivity contribution in [2.45, 2.75) is 30.3 Å². The van der Waals surface area contributed by atoms with Crippen molar-refractivity contribution < 1.29 is 13.2 Å². The van der Waals surface area contributed by atoms with Crippen LogP contribution in [0.5, 0.6) is 0 Å². The first-order chi connectivity index (χ1) is 9.53. The van der Waals surface area contributed by atoms with Crippen molar-refractivity contribution in [1.29, 1.82) is 0 Å². The van der Waals surface area contributed by atoms with E-state index in [1.807, 2.05) is 0 Å². The molecule has 1 unspecified atom stereocenters. The lowest BCUT2D eigenvalue weighted by atomic mass is 10.1. The number of nitrogens with zero attached hydrogens (tertiary/aromatic N) is 1. The van der Waals surface area contributed by atoms with Crippen molar-refractivity contribution in [2.24, 2.45) is 5.84 Å². The first kappa shape index (κ1) is 15.5. The Labute approximate surface area is 122 Å². The monoisotopic (exact) mass is 320 g/mol. The lowest BCUT2D eigenvalue weighted by molar-refractivity contribution is 0.0200. The van der Waals surface area contributed by atoms with Crippen LogP contribution in [0.2, 0.25) is 5.02 Å². The first-order valence-corrected chi connectivity index (χ1v) is 8.12. The predicted molar refractivity (Wildman–Crippen MR) is 75.8 cm³/mol. The van der Waals surface area contributed by atoms with Crippen LogP contribution in [0.4, 0.5) is 5.82 Å². The molecule has 0 spiro atoms. The van der Waals surface area contributed by atoms with Crippen molar-refractivity contribution in [1.82, 2.24) is 9.71 Å². The van der Waals surface area contributed by atoms with Crippen LogP contribution in [0.25, 0.3) is 0 Å². The van der Waals surface area contributed by atoms with Crippen LogP contribution in [-0.4, -0.2) is 32.7 Å². The molecule has 9 heteroatoms. The highest BCUT2D eigenvalue weighted by atomic mass is 35.5. The molecule has 7 nitrogen and oxygen atoms in total. The van der Waals surface area contributed by atoms with Gasteiger partial charge >= 0.3 is 0 Å². The third-order valence-corrected chi connectivity index (χ3v) is 4.72. The number of hydrogen-bond donors (Lipinski definition) is 3. The number of anilines is 1. The van der Waals surface area contributed by atoms with E-state index in [9.17, 15) is 8.42 Å². The lowest BCUT2D eigenvalue weighted by Gasteiger charge is -2.22. The molecule has 1 aliphatic rings. The molecule has 0 amide bonds. The number of pyridine rings is 1. The molecule has 20 heavy (non-hydrogen) atoms. The average molecular weight is 321 g/mol. The van der Waals surface area contributed by atoms with E-state index < -0.39 is 10.0 Å². The zero-order chi connectivity index (χ0) is 14.6. The molecule has 1 atom stereocenters. The summed E-state index contributed by atoms with van der Waals surface area (Å²) >= 11 is 5.86. The molecule has 1 fully saturated rings. The Morgan fingerprint density at radius 2 is 2.30 bits per heavy atom. The van der Waals surface area contributed by atoms with Gasteiger partial charge in [0.25, 0.3) is 0 Å². The molecule has 1 aromatic heterocycles. The minimum atomic E-state index is -3.65. The van der Waals surface area contributed by atoms with Gasteiger partial charge in [0.1, 0.15) is 4.90 Å². The Morgan fingerprint density at radius 3 is 2.90 bits per heavy atom. The van der Waals surface area contributed by atoms with Crippen molar-refractivity contribution >= 4 is 27.4 Å². The Bertz CT molecular complexity index is 561. The fourth-order valence-corrected chi connectivity index (χ4v) is 3.25. The van der Waals surface area contributed by atoms with E-state index in [1.54, 1.807) is 0 Å². The van der Waals surface area contributed by atoms with Crippen LogP contribution in [0.1, 0.15) is 19.3 Å². The van der Waals surface area contributed by atoms with Gasteiger partial charge in [-0.15, -0.1) is 0 Å². The van der Waals surface area contributed by atoms with E-state index in [4.69, 9.17) is 22.2 Å². The van der Waals surface area contributed by atoms with Gasteiger partial charge in [0.15, 0.2) is 5.82 Å². The second kappa shape index (κ2) is 6.68. The highest BCUT2D eigenvalue weighted by molar-refractivity contribution is 7.89. The number of rotatable bonds is 5. The van der Waals surface area contributed by atoms with Gasteiger partial charge in [-0.25, -0.2) is 24.0 Å². The van der Waals surface area contributed by atoms with Crippen LogP contribution in [0, 0.1) is 0 Å². The molecule has 2 rings (SSSR count). The molecule has 0 saturated carbocycles. The van der Waals surface area contributed by atoms with E-state index in [-0.39, 0.29) is 28.4 Å². The second-order valence-corrected chi connectivity index (χ2v) is 6.66. The van der Waals surface area contributed by atoms with Gasteiger partial charge < -0.3 is 10.2 Å². The highest BCUT2D eigenvalue weighted by Crippen LogP contribution is 2.21. The summed E-state index contributed by atoms with van der Waals surface area (Å²) in [5, 5.41) is 0.143. The zero-order valence-electron chi connectivity index (χ0n) is 10.8. The van der Waals surface area contributed by atoms with Gasteiger partial charge in [-0.2, -0.15) is 0 Å². The van der Waals surface area contributed by atoms with Crippen LogP contribution >= 0.6 is 11.6 Å². The number of ether oxygens (including phenoxy) is 1. The number of nitrogen functional groups attached to an aromatic ring is 1. The molecule has 2 heterocycles. The summed E-state index contributed by atoms with van der Waals surface area (Å²) in [7, 11) is -3.65. The summed E-state index contributed by atoms with van der Waals surface area (Å²) < 4.78 is 32.2. The van der Waals surface area contributed by atoms with Gasteiger partial charge in [-0.1, -0.05) is 11.6 Å². The van der Waals surface area contributed by atoms with Crippen molar-refractivity contribution in [2.75, 3.05) is 18.6 Å². The minimum absolute atomic E-state index is 0.00249. The second-order valence-electron chi connectivity index (χ2n) is 4.49. The van der Waals surface area contributed by atoms with Crippen LogP contribution < -0.4 is 16.0 Å². The van der Waals surface area contributed by atoms with Crippen LogP contribution in [0.3, 0.4) is 0 Å².